The molecule has 0 aliphatic heterocycles. The van der Waals surface area contributed by atoms with Crippen molar-refractivity contribution >= 4 is 45.3 Å². The normalized spacial score (nSPS) is 11.0. The first-order valence-corrected chi connectivity index (χ1v) is 9.64. The number of anilines is 1. The number of aromatic nitrogens is 3. The molecule has 0 fully saturated rings. The molecular weight excluding hydrogens is 395 g/mol. The highest BCUT2D eigenvalue weighted by molar-refractivity contribution is 8.00. The molecule has 1 amide bonds. The van der Waals surface area contributed by atoms with Gasteiger partial charge in [0.25, 0.3) is 0 Å². The standard InChI is InChI=1S/C20H17FN4O3S/c1-27-12-4-6-15(16(8-12)28-2)24-17(26)9-29-20-19-18(22-10-23-20)13-7-11(21)3-5-14(13)25-19/h3-8,10,25H,9H2,1-2H3,(H,24,26). The largest absolute Gasteiger partial charge is 0.497 e. The summed E-state index contributed by atoms with van der Waals surface area (Å²) in [5, 5.41) is 4.11. The molecule has 29 heavy (non-hydrogen) atoms. The van der Waals surface area contributed by atoms with Gasteiger partial charge in [0.05, 0.1) is 31.2 Å². The van der Waals surface area contributed by atoms with E-state index in [-0.39, 0.29) is 17.5 Å². The molecule has 0 atom stereocenters. The van der Waals surface area contributed by atoms with Crippen molar-refractivity contribution in [3.05, 3.63) is 48.5 Å². The first kappa shape index (κ1) is 19.0. The van der Waals surface area contributed by atoms with Gasteiger partial charge in [-0.3, -0.25) is 4.79 Å². The van der Waals surface area contributed by atoms with Gasteiger partial charge in [-0.25, -0.2) is 14.4 Å². The fraction of sp³-hybridized carbons (Fsp3) is 0.150. The van der Waals surface area contributed by atoms with E-state index in [4.69, 9.17) is 9.47 Å². The number of benzene rings is 2. The molecule has 2 aromatic carbocycles. The Bertz CT molecular complexity index is 1210. The summed E-state index contributed by atoms with van der Waals surface area (Å²) in [7, 11) is 3.08. The number of hydrogen-bond donors (Lipinski definition) is 2. The van der Waals surface area contributed by atoms with Gasteiger partial charge in [0.15, 0.2) is 0 Å². The lowest BCUT2D eigenvalue weighted by Crippen LogP contribution is -2.14. The van der Waals surface area contributed by atoms with E-state index in [0.717, 1.165) is 5.52 Å². The van der Waals surface area contributed by atoms with Crippen molar-refractivity contribution < 1.29 is 18.7 Å². The zero-order chi connectivity index (χ0) is 20.4. The summed E-state index contributed by atoms with van der Waals surface area (Å²) < 4.78 is 24.0. The minimum Gasteiger partial charge on any atom is -0.497 e. The van der Waals surface area contributed by atoms with Gasteiger partial charge >= 0.3 is 0 Å². The van der Waals surface area contributed by atoms with Gasteiger partial charge in [0.1, 0.15) is 34.2 Å². The van der Waals surface area contributed by atoms with E-state index < -0.39 is 0 Å². The summed E-state index contributed by atoms with van der Waals surface area (Å²) in [5.74, 6) is 0.717. The maximum atomic E-state index is 13.6. The molecule has 4 rings (SSSR count). The molecule has 0 saturated carbocycles. The summed E-state index contributed by atoms with van der Waals surface area (Å²) in [6.45, 7) is 0. The Morgan fingerprint density at radius 1 is 1.17 bits per heavy atom. The monoisotopic (exact) mass is 412 g/mol. The van der Waals surface area contributed by atoms with Crippen LogP contribution >= 0.6 is 11.8 Å². The lowest BCUT2D eigenvalue weighted by molar-refractivity contribution is -0.113. The van der Waals surface area contributed by atoms with Crippen LogP contribution in [-0.2, 0) is 4.79 Å². The number of ether oxygens (including phenoxy) is 2. The Morgan fingerprint density at radius 3 is 2.83 bits per heavy atom. The molecule has 4 aromatic rings. The Balaban J connectivity index is 1.52. The van der Waals surface area contributed by atoms with Crippen LogP contribution in [0.4, 0.5) is 10.1 Å². The quantitative estimate of drug-likeness (QED) is 0.368. The minimum absolute atomic E-state index is 0.130. The van der Waals surface area contributed by atoms with Gasteiger partial charge in [-0.2, -0.15) is 0 Å². The smallest absolute Gasteiger partial charge is 0.234 e. The lowest BCUT2D eigenvalue weighted by Gasteiger charge is -2.11. The van der Waals surface area contributed by atoms with E-state index in [0.29, 0.717) is 38.6 Å². The van der Waals surface area contributed by atoms with Crippen molar-refractivity contribution in [1.29, 1.82) is 0 Å². The predicted octanol–water partition coefficient (Wildman–Crippen LogP) is 4.00. The van der Waals surface area contributed by atoms with Crippen LogP contribution in [0.5, 0.6) is 11.5 Å². The number of nitrogens with zero attached hydrogens (tertiary/aromatic N) is 2. The molecule has 0 bridgehead atoms. The van der Waals surface area contributed by atoms with E-state index in [2.05, 4.69) is 20.3 Å². The summed E-state index contributed by atoms with van der Waals surface area (Å²) in [5.41, 5.74) is 2.60. The van der Waals surface area contributed by atoms with E-state index in [9.17, 15) is 9.18 Å². The second-order valence-corrected chi connectivity index (χ2v) is 7.08. The first-order valence-electron chi connectivity index (χ1n) is 8.65. The zero-order valence-electron chi connectivity index (χ0n) is 15.7. The van der Waals surface area contributed by atoms with E-state index in [1.54, 1.807) is 31.4 Å². The Kier molecular flexibility index (Phi) is 5.22. The maximum Gasteiger partial charge on any atom is 0.234 e. The molecule has 0 aliphatic rings. The van der Waals surface area contributed by atoms with Crippen LogP contribution in [-0.4, -0.2) is 40.8 Å². The SMILES string of the molecule is COc1ccc(NC(=O)CSc2ncnc3c2[nH]c2ccc(F)cc23)c(OC)c1. The second-order valence-electron chi connectivity index (χ2n) is 6.12. The van der Waals surface area contributed by atoms with Gasteiger partial charge in [0.2, 0.25) is 5.91 Å². The van der Waals surface area contributed by atoms with Crippen LogP contribution in [0.3, 0.4) is 0 Å². The average molecular weight is 412 g/mol. The number of thioether (sulfide) groups is 1. The van der Waals surface area contributed by atoms with Gasteiger partial charge in [-0.1, -0.05) is 11.8 Å². The van der Waals surface area contributed by atoms with Crippen LogP contribution in [0.2, 0.25) is 0 Å². The highest BCUT2D eigenvalue weighted by Gasteiger charge is 2.14. The van der Waals surface area contributed by atoms with Crippen LogP contribution in [0.25, 0.3) is 21.9 Å². The molecule has 0 unspecified atom stereocenters. The molecule has 0 spiro atoms. The Labute approximate surface area is 169 Å². The van der Waals surface area contributed by atoms with E-state index in [1.807, 2.05) is 0 Å². The van der Waals surface area contributed by atoms with Crippen molar-refractivity contribution in [2.45, 2.75) is 5.03 Å². The number of amides is 1. The molecule has 7 nitrogen and oxygen atoms in total. The first-order chi connectivity index (χ1) is 14.1. The van der Waals surface area contributed by atoms with Crippen LogP contribution in [0.15, 0.2) is 47.8 Å². The number of methoxy groups -OCH3 is 2. The zero-order valence-corrected chi connectivity index (χ0v) is 16.5. The van der Waals surface area contributed by atoms with E-state index in [1.165, 1.54) is 37.3 Å². The number of nitrogens with one attached hydrogen (secondary N) is 2. The van der Waals surface area contributed by atoms with Crippen LogP contribution in [0, 0.1) is 5.82 Å². The highest BCUT2D eigenvalue weighted by Crippen LogP contribution is 2.31. The molecule has 9 heteroatoms. The molecule has 148 valence electrons. The van der Waals surface area contributed by atoms with Gasteiger partial charge in [-0.05, 0) is 30.3 Å². The fourth-order valence-electron chi connectivity index (χ4n) is 2.97. The number of aromatic amines is 1. The van der Waals surface area contributed by atoms with Crippen molar-refractivity contribution in [3.63, 3.8) is 0 Å². The topological polar surface area (TPSA) is 89.1 Å². The molecule has 0 radical (unpaired) electrons. The third kappa shape index (κ3) is 3.81. The fourth-order valence-corrected chi connectivity index (χ4v) is 3.73. The maximum absolute atomic E-state index is 13.6. The Morgan fingerprint density at radius 2 is 2.03 bits per heavy atom. The molecule has 2 N–H and O–H groups in total. The number of halogens is 1. The lowest BCUT2D eigenvalue weighted by atomic mass is 10.2. The number of carbonyl (C=O) groups excluding carboxylic acids is 1. The number of H-pyrrole nitrogens is 1. The van der Waals surface area contributed by atoms with E-state index >= 15 is 0 Å². The van der Waals surface area contributed by atoms with Gasteiger partial charge < -0.3 is 19.8 Å². The third-order valence-corrected chi connectivity index (χ3v) is 5.32. The van der Waals surface area contributed by atoms with Crippen LogP contribution < -0.4 is 14.8 Å². The van der Waals surface area contributed by atoms with Crippen molar-refractivity contribution in [2.24, 2.45) is 0 Å². The van der Waals surface area contributed by atoms with Gasteiger partial charge in [0, 0.05) is 17.0 Å². The highest BCUT2D eigenvalue weighted by atomic mass is 32.2. The van der Waals surface area contributed by atoms with Crippen molar-refractivity contribution in [1.82, 2.24) is 15.0 Å². The number of rotatable bonds is 6. The number of carbonyl (C=O) groups is 1. The molecule has 2 heterocycles. The Hall–Kier alpha value is -3.33. The van der Waals surface area contributed by atoms with Crippen molar-refractivity contribution in [3.8, 4) is 11.5 Å². The van der Waals surface area contributed by atoms with Crippen molar-refractivity contribution in [2.75, 3.05) is 25.3 Å². The summed E-state index contributed by atoms with van der Waals surface area (Å²) >= 11 is 1.26. The third-order valence-electron chi connectivity index (χ3n) is 4.33. The average Bonchev–Trinajstić information content (AvgIpc) is 3.11. The number of hydrogen-bond acceptors (Lipinski definition) is 6. The molecule has 0 saturated heterocycles. The molecular formula is C20H17FN4O3S. The van der Waals surface area contributed by atoms with Crippen LogP contribution in [0.1, 0.15) is 0 Å². The molecule has 2 aromatic heterocycles. The summed E-state index contributed by atoms with van der Waals surface area (Å²) in [4.78, 5) is 24.2. The van der Waals surface area contributed by atoms with Gasteiger partial charge in [-0.15, -0.1) is 0 Å². The summed E-state index contributed by atoms with van der Waals surface area (Å²) in [6.07, 6.45) is 1.41. The predicted molar refractivity (Wildman–Crippen MR) is 110 cm³/mol. The minimum atomic E-state index is -0.334. The number of fused-ring (bicyclic) bond motifs is 3. The second kappa shape index (κ2) is 7.96. The summed E-state index contributed by atoms with van der Waals surface area (Å²) in [6, 6.07) is 9.62. The molecule has 0 aliphatic carbocycles.